The maximum Gasteiger partial charge on any atom is 0.271 e. The summed E-state index contributed by atoms with van der Waals surface area (Å²) in [7, 11) is -2.87. The van der Waals surface area contributed by atoms with Crippen LogP contribution in [0, 0.1) is 16.0 Å². The highest BCUT2D eigenvalue weighted by molar-refractivity contribution is 7.92. The molecule has 3 aromatic rings. The fourth-order valence-electron chi connectivity index (χ4n) is 4.34. The molecule has 0 aliphatic rings. The van der Waals surface area contributed by atoms with E-state index in [4.69, 9.17) is 16.3 Å². The van der Waals surface area contributed by atoms with Gasteiger partial charge in [-0.1, -0.05) is 67.9 Å². The van der Waals surface area contributed by atoms with Crippen molar-refractivity contribution in [1.29, 1.82) is 0 Å². The lowest BCUT2D eigenvalue weighted by atomic mass is 10.0. The summed E-state index contributed by atoms with van der Waals surface area (Å²) in [6.45, 7) is 3.48. The fourth-order valence-corrected chi connectivity index (χ4v) is 5.32. The number of benzene rings is 3. The molecule has 13 heteroatoms. The maximum atomic E-state index is 14.2. The van der Waals surface area contributed by atoms with Crippen molar-refractivity contribution >= 4 is 44.8 Å². The van der Waals surface area contributed by atoms with Crippen LogP contribution in [0.15, 0.2) is 72.8 Å². The van der Waals surface area contributed by atoms with Crippen LogP contribution >= 0.6 is 11.6 Å². The second-order valence-corrected chi connectivity index (χ2v) is 12.7. The molecule has 3 rings (SSSR count). The van der Waals surface area contributed by atoms with Gasteiger partial charge >= 0.3 is 0 Å². The van der Waals surface area contributed by atoms with E-state index in [9.17, 15) is 28.1 Å². The third-order valence-electron chi connectivity index (χ3n) is 6.54. The Bertz CT molecular complexity index is 1530. The quantitative estimate of drug-likeness (QED) is 0.205. The number of sulfonamides is 1. The molecule has 0 heterocycles. The molecule has 1 N–H and O–H groups in total. The number of carbonyl (C=O) groups excluding carboxylic acids is 2. The second kappa shape index (κ2) is 14.8. The summed E-state index contributed by atoms with van der Waals surface area (Å²) in [6.07, 6.45) is 1.04. The van der Waals surface area contributed by atoms with Crippen molar-refractivity contribution in [3.8, 4) is 5.75 Å². The Labute approximate surface area is 256 Å². The number of rotatable bonds is 14. The number of nitro benzene ring substituents is 1. The van der Waals surface area contributed by atoms with Gasteiger partial charge in [-0.3, -0.25) is 24.0 Å². The van der Waals surface area contributed by atoms with Gasteiger partial charge in [0.25, 0.3) is 5.69 Å². The first-order valence-electron chi connectivity index (χ1n) is 13.5. The zero-order valence-corrected chi connectivity index (χ0v) is 26.0. The molecular weight excluding hydrogens is 596 g/mol. The molecular formula is C30H35ClN4O7S. The summed E-state index contributed by atoms with van der Waals surface area (Å²) in [5.41, 5.74) is 0.889. The molecule has 3 aromatic carbocycles. The standard InChI is InChI=1S/C30H35ClN4O7S/c1-21(2)18-32-30(37)27(16-22-8-6-5-7-9-22)33(19-23-10-12-24(31)13-11-23)29(36)20-34(43(4,40)41)26-17-25(35(38)39)14-15-28(26)42-3/h5-15,17,21,27H,16,18-20H2,1-4H3,(H,32,37)/t27-/m1/s1. The topological polar surface area (TPSA) is 139 Å². The highest BCUT2D eigenvalue weighted by Gasteiger charge is 2.34. The number of ether oxygens (including phenoxy) is 1. The van der Waals surface area contributed by atoms with Crippen LogP contribution < -0.4 is 14.4 Å². The summed E-state index contributed by atoms with van der Waals surface area (Å²) in [6, 6.07) is 18.4. The summed E-state index contributed by atoms with van der Waals surface area (Å²) in [4.78, 5) is 40.0. The predicted molar refractivity (Wildman–Crippen MR) is 166 cm³/mol. The molecule has 0 saturated heterocycles. The second-order valence-electron chi connectivity index (χ2n) is 10.4. The van der Waals surface area contributed by atoms with Gasteiger partial charge in [0.05, 0.1) is 18.3 Å². The Balaban J connectivity index is 2.11. The predicted octanol–water partition coefficient (Wildman–Crippen LogP) is 4.44. The molecule has 11 nitrogen and oxygen atoms in total. The van der Waals surface area contributed by atoms with Gasteiger partial charge in [0.1, 0.15) is 24.0 Å². The molecule has 2 amide bonds. The lowest BCUT2D eigenvalue weighted by Gasteiger charge is -2.34. The Kier molecular flexibility index (Phi) is 11.5. The third kappa shape index (κ3) is 9.42. The van der Waals surface area contributed by atoms with E-state index in [0.29, 0.717) is 17.1 Å². The molecule has 0 spiro atoms. The normalized spacial score (nSPS) is 12.0. The van der Waals surface area contributed by atoms with Crippen LogP contribution in [-0.4, -0.2) is 62.6 Å². The average molecular weight is 631 g/mol. The Hall–Kier alpha value is -4.16. The molecule has 0 saturated carbocycles. The first kappa shape index (κ1) is 33.3. The van der Waals surface area contributed by atoms with Crippen molar-refractivity contribution < 1.29 is 27.7 Å². The number of anilines is 1. The van der Waals surface area contributed by atoms with E-state index in [1.807, 2.05) is 44.2 Å². The van der Waals surface area contributed by atoms with E-state index in [0.717, 1.165) is 22.2 Å². The number of carbonyl (C=O) groups is 2. The van der Waals surface area contributed by atoms with E-state index in [-0.39, 0.29) is 36.0 Å². The van der Waals surface area contributed by atoms with Crippen LogP contribution in [0.5, 0.6) is 5.75 Å². The molecule has 0 aromatic heterocycles. The number of amides is 2. The van der Waals surface area contributed by atoms with Gasteiger partial charge in [-0.2, -0.15) is 0 Å². The lowest BCUT2D eigenvalue weighted by molar-refractivity contribution is -0.384. The van der Waals surface area contributed by atoms with E-state index in [1.165, 1.54) is 24.1 Å². The van der Waals surface area contributed by atoms with E-state index < -0.39 is 39.3 Å². The first-order valence-corrected chi connectivity index (χ1v) is 15.7. The number of hydrogen-bond acceptors (Lipinski definition) is 7. The minimum absolute atomic E-state index is 0.0172. The molecule has 1 atom stereocenters. The number of methoxy groups -OCH3 is 1. The summed E-state index contributed by atoms with van der Waals surface area (Å²) in [5.74, 6) is -0.944. The zero-order valence-electron chi connectivity index (χ0n) is 24.4. The minimum atomic E-state index is -4.16. The highest BCUT2D eigenvalue weighted by atomic mass is 35.5. The number of non-ortho nitro benzene ring substituents is 1. The van der Waals surface area contributed by atoms with Crippen molar-refractivity contribution in [2.45, 2.75) is 32.9 Å². The van der Waals surface area contributed by atoms with Crippen molar-refractivity contribution in [2.24, 2.45) is 5.92 Å². The fraction of sp³-hybridized carbons (Fsp3) is 0.333. The molecule has 0 bridgehead atoms. The van der Waals surface area contributed by atoms with Crippen molar-refractivity contribution in [2.75, 3.05) is 30.8 Å². The van der Waals surface area contributed by atoms with Gasteiger partial charge in [-0.05, 0) is 35.2 Å². The molecule has 230 valence electrons. The van der Waals surface area contributed by atoms with Gasteiger partial charge in [0, 0.05) is 36.7 Å². The largest absolute Gasteiger partial charge is 0.495 e. The Morgan fingerprint density at radius 2 is 1.67 bits per heavy atom. The van der Waals surface area contributed by atoms with Gasteiger partial charge in [0.2, 0.25) is 21.8 Å². The van der Waals surface area contributed by atoms with Gasteiger partial charge in [-0.15, -0.1) is 0 Å². The van der Waals surface area contributed by atoms with E-state index >= 15 is 0 Å². The minimum Gasteiger partial charge on any atom is -0.495 e. The van der Waals surface area contributed by atoms with Crippen molar-refractivity contribution in [3.63, 3.8) is 0 Å². The summed E-state index contributed by atoms with van der Waals surface area (Å²) in [5, 5.41) is 14.9. The smallest absolute Gasteiger partial charge is 0.271 e. The van der Waals surface area contributed by atoms with Crippen LogP contribution in [0.25, 0.3) is 0 Å². The van der Waals surface area contributed by atoms with Gasteiger partial charge in [0.15, 0.2) is 0 Å². The molecule has 43 heavy (non-hydrogen) atoms. The molecule has 0 radical (unpaired) electrons. The van der Waals surface area contributed by atoms with E-state index in [2.05, 4.69) is 5.32 Å². The van der Waals surface area contributed by atoms with Crippen LogP contribution in [0.2, 0.25) is 5.02 Å². The monoisotopic (exact) mass is 630 g/mol. The maximum absolute atomic E-state index is 14.2. The van der Waals surface area contributed by atoms with Crippen molar-refractivity contribution in [1.82, 2.24) is 10.2 Å². The number of hydrogen-bond donors (Lipinski definition) is 1. The molecule has 0 unspecified atom stereocenters. The SMILES string of the molecule is COc1ccc([N+](=O)[O-])cc1N(CC(=O)N(Cc1ccc(Cl)cc1)[C@H](Cc1ccccc1)C(=O)NCC(C)C)S(C)(=O)=O. The highest BCUT2D eigenvalue weighted by Crippen LogP contribution is 2.34. The number of nitro groups is 1. The van der Waals surface area contributed by atoms with Crippen molar-refractivity contribution in [3.05, 3.63) is 99.1 Å². The Morgan fingerprint density at radius 1 is 1.02 bits per heavy atom. The van der Waals surface area contributed by atoms with Crippen LogP contribution in [0.3, 0.4) is 0 Å². The summed E-state index contributed by atoms with van der Waals surface area (Å²) < 4.78 is 32.1. The van der Waals surface area contributed by atoms with Crippen LogP contribution in [0.4, 0.5) is 11.4 Å². The average Bonchev–Trinajstić information content (AvgIpc) is 2.96. The third-order valence-corrected chi connectivity index (χ3v) is 7.92. The molecule has 0 fully saturated rings. The van der Waals surface area contributed by atoms with Gasteiger partial charge < -0.3 is 15.0 Å². The molecule has 0 aliphatic carbocycles. The van der Waals surface area contributed by atoms with E-state index in [1.54, 1.807) is 24.3 Å². The number of halogens is 1. The van der Waals surface area contributed by atoms with Crippen LogP contribution in [-0.2, 0) is 32.6 Å². The zero-order chi connectivity index (χ0) is 31.7. The number of nitrogens with zero attached hydrogens (tertiary/aromatic N) is 3. The van der Waals surface area contributed by atoms with Crippen LogP contribution in [0.1, 0.15) is 25.0 Å². The molecule has 0 aliphatic heterocycles. The lowest BCUT2D eigenvalue weighted by Crippen LogP contribution is -2.53. The van der Waals surface area contributed by atoms with Gasteiger partial charge in [-0.25, -0.2) is 8.42 Å². The number of nitrogens with one attached hydrogen (secondary N) is 1. The summed E-state index contributed by atoms with van der Waals surface area (Å²) >= 11 is 6.07. The Morgan fingerprint density at radius 3 is 2.23 bits per heavy atom. The first-order chi connectivity index (χ1) is 20.3.